The zero-order valence-corrected chi connectivity index (χ0v) is 11.5. The summed E-state index contributed by atoms with van der Waals surface area (Å²) in [6.45, 7) is 1.96. The Morgan fingerprint density at radius 3 is 2.74 bits per heavy atom. The summed E-state index contributed by atoms with van der Waals surface area (Å²) in [4.78, 5) is 9.93. The summed E-state index contributed by atoms with van der Waals surface area (Å²) in [5.41, 5.74) is 3.48. The second-order valence-electron chi connectivity index (χ2n) is 4.28. The van der Waals surface area contributed by atoms with E-state index in [1.165, 1.54) is 11.3 Å². The number of phenols is 1. The lowest BCUT2D eigenvalue weighted by molar-refractivity contribution is 0.478. The summed E-state index contributed by atoms with van der Waals surface area (Å²) >= 11 is 1.53. The Bertz CT molecular complexity index is 752. The van der Waals surface area contributed by atoms with Gasteiger partial charge < -0.3 is 10.4 Å². The standard InChI is InChI=1S/C14H13N3OS/c1-8-3-5-11-14(16-8)19-13(17-11)9-4-6-10(15-2)12(18)7-9/h3-7,15,18H,1-2H3. The first-order valence-electron chi connectivity index (χ1n) is 5.92. The molecule has 2 N–H and O–H groups in total. The van der Waals surface area contributed by atoms with Crippen molar-refractivity contribution in [1.29, 1.82) is 0 Å². The first-order valence-corrected chi connectivity index (χ1v) is 6.74. The van der Waals surface area contributed by atoms with E-state index in [1.54, 1.807) is 13.1 Å². The van der Waals surface area contributed by atoms with E-state index in [0.29, 0.717) is 5.69 Å². The fourth-order valence-corrected chi connectivity index (χ4v) is 2.89. The highest BCUT2D eigenvalue weighted by atomic mass is 32.1. The van der Waals surface area contributed by atoms with E-state index in [2.05, 4.69) is 15.3 Å². The van der Waals surface area contributed by atoms with Gasteiger partial charge in [0, 0.05) is 18.3 Å². The lowest BCUT2D eigenvalue weighted by Crippen LogP contribution is -1.88. The lowest BCUT2D eigenvalue weighted by atomic mass is 10.2. The second kappa shape index (κ2) is 4.51. The molecule has 0 atom stereocenters. The molecule has 0 fully saturated rings. The van der Waals surface area contributed by atoms with Crippen LogP contribution in [0.3, 0.4) is 0 Å². The van der Waals surface area contributed by atoms with Crippen LogP contribution in [0.4, 0.5) is 5.69 Å². The first-order chi connectivity index (χ1) is 9.17. The number of nitrogens with one attached hydrogen (secondary N) is 1. The largest absolute Gasteiger partial charge is 0.506 e. The summed E-state index contributed by atoms with van der Waals surface area (Å²) in [5, 5.41) is 13.7. The number of phenolic OH excluding ortho intramolecular Hbond substituents is 1. The molecule has 0 unspecified atom stereocenters. The normalized spacial score (nSPS) is 10.8. The topological polar surface area (TPSA) is 58.0 Å². The molecule has 4 nitrogen and oxygen atoms in total. The highest BCUT2D eigenvalue weighted by molar-refractivity contribution is 7.21. The molecule has 2 heterocycles. The molecule has 96 valence electrons. The number of aromatic hydroxyl groups is 1. The molecule has 0 amide bonds. The van der Waals surface area contributed by atoms with Gasteiger partial charge in [-0.05, 0) is 37.3 Å². The van der Waals surface area contributed by atoms with Gasteiger partial charge in [0.25, 0.3) is 0 Å². The summed E-state index contributed by atoms with van der Waals surface area (Å²) < 4.78 is 0. The number of nitrogens with zero attached hydrogens (tertiary/aromatic N) is 2. The Morgan fingerprint density at radius 1 is 1.16 bits per heavy atom. The highest BCUT2D eigenvalue weighted by Crippen LogP contribution is 2.33. The Balaban J connectivity index is 2.11. The monoisotopic (exact) mass is 271 g/mol. The van der Waals surface area contributed by atoms with Gasteiger partial charge >= 0.3 is 0 Å². The quantitative estimate of drug-likeness (QED) is 0.701. The summed E-state index contributed by atoms with van der Waals surface area (Å²) in [7, 11) is 1.78. The van der Waals surface area contributed by atoms with Crippen molar-refractivity contribution in [3.05, 3.63) is 36.0 Å². The molecule has 0 saturated heterocycles. The molecule has 5 heteroatoms. The van der Waals surface area contributed by atoms with Gasteiger partial charge in [-0.2, -0.15) is 0 Å². The van der Waals surface area contributed by atoms with Crippen molar-refractivity contribution in [1.82, 2.24) is 9.97 Å². The van der Waals surface area contributed by atoms with Crippen molar-refractivity contribution in [2.75, 3.05) is 12.4 Å². The van der Waals surface area contributed by atoms with Crippen LogP contribution < -0.4 is 5.32 Å². The van der Waals surface area contributed by atoms with E-state index < -0.39 is 0 Å². The lowest BCUT2D eigenvalue weighted by Gasteiger charge is -2.04. The summed E-state index contributed by atoms with van der Waals surface area (Å²) in [6, 6.07) is 9.43. The molecule has 0 aliphatic carbocycles. The molecular weight excluding hydrogens is 258 g/mol. The number of anilines is 1. The summed E-state index contributed by atoms with van der Waals surface area (Å²) in [6.07, 6.45) is 0. The molecule has 0 spiro atoms. The minimum Gasteiger partial charge on any atom is -0.506 e. The molecular formula is C14H13N3OS. The number of hydrogen-bond donors (Lipinski definition) is 2. The second-order valence-corrected chi connectivity index (χ2v) is 5.26. The molecule has 0 saturated carbocycles. The molecule has 2 aromatic heterocycles. The number of hydrogen-bond acceptors (Lipinski definition) is 5. The van der Waals surface area contributed by atoms with Crippen LogP contribution in [0.2, 0.25) is 0 Å². The number of pyridine rings is 1. The summed E-state index contributed by atoms with van der Waals surface area (Å²) in [5.74, 6) is 0.225. The number of aryl methyl sites for hydroxylation is 1. The molecule has 0 radical (unpaired) electrons. The van der Waals surface area contributed by atoms with Crippen molar-refractivity contribution >= 4 is 27.4 Å². The van der Waals surface area contributed by atoms with Crippen LogP contribution in [0.15, 0.2) is 30.3 Å². The maximum Gasteiger partial charge on any atom is 0.144 e. The van der Waals surface area contributed by atoms with Gasteiger partial charge in [-0.1, -0.05) is 11.3 Å². The third-order valence-electron chi connectivity index (χ3n) is 2.91. The average Bonchev–Trinajstić information content (AvgIpc) is 2.81. The Labute approximate surface area is 114 Å². The van der Waals surface area contributed by atoms with Crippen molar-refractivity contribution in [3.63, 3.8) is 0 Å². The average molecular weight is 271 g/mol. The van der Waals surface area contributed by atoms with Crippen LogP contribution in [0.1, 0.15) is 5.69 Å². The van der Waals surface area contributed by atoms with E-state index >= 15 is 0 Å². The maximum absolute atomic E-state index is 9.87. The molecule has 0 bridgehead atoms. The molecule has 0 aliphatic heterocycles. The van der Waals surface area contributed by atoms with Gasteiger partial charge in [-0.25, -0.2) is 9.97 Å². The highest BCUT2D eigenvalue weighted by Gasteiger charge is 2.09. The van der Waals surface area contributed by atoms with Crippen LogP contribution in [0.5, 0.6) is 5.75 Å². The van der Waals surface area contributed by atoms with Gasteiger partial charge in [-0.3, -0.25) is 0 Å². The van der Waals surface area contributed by atoms with E-state index in [4.69, 9.17) is 0 Å². The van der Waals surface area contributed by atoms with Gasteiger partial charge in [0.1, 0.15) is 21.1 Å². The number of benzene rings is 1. The van der Waals surface area contributed by atoms with E-state index in [9.17, 15) is 5.11 Å². The number of aromatic nitrogens is 2. The van der Waals surface area contributed by atoms with Gasteiger partial charge in [0.2, 0.25) is 0 Å². The number of rotatable bonds is 2. The van der Waals surface area contributed by atoms with Crippen LogP contribution in [0.25, 0.3) is 20.9 Å². The molecule has 19 heavy (non-hydrogen) atoms. The van der Waals surface area contributed by atoms with Gasteiger partial charge in [-0.15, -0.1) is 0 Å². The molecule has 0 aliphatic rings. The third-order valence-corrected chi connectivity index (χ3v) is 3.92. The Hall–Kier alpha value is -2.14. The van der Waals surface area contributed by atoms with Crippen molar-refractivity contribution < 1.29 is 5.11 Å². The maximum atomic E-state index is 9.87. The first kappa shape index (κ1) is 11.9. The number of fused-ring (bicyclic) bond motifs is 1. The van der Waals surface area contributed by atoms with Crippen LogP contribution in [0, 0.1) is 6.92 Å². The van der Waals surface area contributed by atoms with Crippen molar-refractivity contribution in [2.24, 2.45) is 0 Å². The van der Waals surface area contributed by atoms with Gasteiger partial charge in [0.05, 0.1) is 5.69 Å². The Kier molecular flexibility index (Phi) is 2.83. The van der Waals surface area contributed by atoms with Crippen LogP contribution >= 0.6 is 11.3 Å². The van der Waals surface area contributed by atoms with Crippen molar-refractivity contribution in [2.45, 2.75) is 6.92 Å². The fourth-order valence-electron chi connectivity index (χ4n) is 1.91. The van der Waals surface area contributed by atoms with Crippen LogP contribution in [-0.4, -0.2) is 22.1 Å². The minimum atomic E-state index is 0.225. The third kappa shape index (κ3) is 2.13. The smallest absolute Gasteiger partial charge is 0.144 e. The van der Waals surface area contributed by atoms with E-state index in [1.807, 2.05) is 31.2 Å². The van der Waals surface area contributed by atoms with Crippen LogP contribution in [-0.2, 0) is 0 Å². The molecule has 3 aromatic rings. The Morgan fingerprint density at radius 2 is 2.00 bits per heavy atom. The number of thiazole rings is 1. The minimum absolute atomic E-state index is 0.225. The fraction of sp³-hybridized carbons (Fsp3) is 0.143. The zero-order valence-electron chi connectivity index (χ0n) is 10.6. The predicted molar refractivity (Wildman–Crippen MR) is 78.8 cm³/mol. The van der Waals surface area contributed by atoms with Crippen molar-refractivity contribution in [3.8, 4) is 16.3 Å². The van der Waals surface area contributed by atoms with E-state index in [-0.39, 0.29) is 5.75 Å². The SMILES string of the molecule is CNc1ccc(-c2nc3ccc(C)nc3s2)cc1O. The van der Waals surface area contributed by atoms with E-state index in [0.717, 1.165) is 26.6 Å². The van der Waals surface area contributed by atoms with Gasteiger partial charge in [0.15, 0.2) is 0 Å². The molecule has 1 aromatic carbocycles. The zero-order chi connectivity index (χ0) is 13.4. The molecule has 3 rings (SSSR count). The predicted octanol–water partition coefficient (Wildman–Crippen LogP) is 3.41.